The van der Waals surface area contributed by atoms with Crippen molar-refractivity contribution >= 4 is 28.5 Å². The van der Waals surface area contributed by atoms with Crippen LogP contribution in [-0.2, 0) is 11.8 Å². The standard InChI is InChI=1S/C27H36N6O2/c1-5-9-22(28)33-14-12-27(13-15-33,18-10-7-6-8-11-18)17-19-23-20(16-21(34-3)24(19)35-4)31-26(30-2)32-25(23)29/h6-8,10-11,16,28H,5,9,12-15,17H2,1-4H3,(H3,29,30,31,32). The molecule has 4 rings (SSSR count). The van der Waals surface area contributed by atoms with Crippen molar-refractivity contribution in [2.45, 2.75) is 44.4 Å². The molecule has 2 aromatic carbocycles. The van der Waals surface area contributed by atoms with E-state index >= 15 is 0 Å². The Morgan fingerprint density at radius 3 is 2.46 bits per heavy atom. The number of nitrogens with two attached hydrogens (primary N) is 1. The quantitative estimate of drug-likeness (QED) is 0.321. The zero-order valence-electron chi connectivity index (χ0n) is 21.1. The highest BCUT2D eigenvalue weighted by Crippen LogP contribution is 2.46. The Hall–Kier alpha value is -3.55. The Morgan fingerprint density at radius 1 is 1.14 bits per heavy atom. The van der Waals surface area contributed by atoms with Gasteiger partial charge in [-0.15, -0.1) is 0 Å². The SMILES string of the molecule is CCCC(=N)N1CCC(Cc2c(OC)c(OC)cc3nc(NC)nc(N)c23)(c2ccccc2)CC1. The highest BCUT2D eigenvalue weighted by atomic mass is 16.5. The third-order valence-electron chi connectivity index (χ3n) is 7.17. The molecule has 186 valence electrons. The molecule has 1 fully saturated rings. The Labute approximate surface area is 207 Å². The van der Waals surface area contributed by atoms with Gasteiger partial charge in [-0.3, -0.25) is 5.41 Å². The third kappa shape index (κ3) is 4.70. The number of nitrogens with one attached hydrogen (secondary N) is 2. The number of nitrogens with zero attached hydrogens (tertiary/aromatic N) is 3. The first-order valence-corrected chi connectivity index (χ1v) is 12.2. The third-order valence-corrected chi connectivity index (χ3v) is 7.17. The van der Waals surface area contributed by atoms with E-state index in [-0.39, 0.29) is 5.41 Å². The van der Waals surface area contributed by atoms with E-state index in [4.69, 9.17) is 20.6 Å². The number of methoxy groups -OCH3 is 2. The first kappa shape index (κ1) is 24.6. The van der Waals surface area contributed by atoms with Crippen molar-refractivity contribution < 1.29 is 9.47 Å². The van der Waals surface area contributed by atoms with E-state index in [1.54, 1.807) is 21.3 Å². The highest BCUT2D eigenvalue weighted by Gasteiger charge is 2.39. The molecule has 1 saturated heterocycles. The smallest absolute Gasteiger partial charge is 0.224 e. The highest BCUT2D eigenvalue weighted by molar-refractivity contribution is 5.95. The maximum absolute atomic E-state index is 8.48. The predicted molar refractivity (Wildman–Crippen MR) is 142 cm³/mol. The number of likely N-dealkylation sites (tertiary alicyclic amines) is 1. The molecule has 0 unspecified atom stereocenters. The zero-order valence-corrected chi connectivity index (χ0v) is 21.1. The molecule has 0 saturated carbocycles. The molecular formula is C27H36N6O2. The van der Waals surface area contributed by atoms with E-state index in [0.717, 1.165) is 61.1 Å². The minimum Gasteiger partial charge on any atom is -0.493 e. The molecule has 0 amide bonds. The Bertz CT molecular complexity index is 1190. The second-order valence-corrected chi connectivity index (χ2v) is 9.17. The number of rotatable bonds is 8. The zero-order chi connectivity index (χ0) is 25.0. The van der Waals surface area contributed by atoms with Gasteiger partial charge < -0.3 is 25.4 Å². The lowest BCUT2D eigenvalue weighted by atomic mass is 9.68. The molecule has 3 aromatic rings. The van der Waals surface area contributed by atoms with Gasteiger partial charge in [-0.05, 0) is 31.2 Å². The number of anilines is 2. The molecule has 0 spiro atoms. The van der Waals surface area contributed by atoms with Crippen LogP contribution in [0, 0.1) is 5.41 Å². The summed E-state index contributed by atoms with van der Waals surface area (Å²) in [5.41, 5.74) is 9.33. The van der Waals surface area contributed by atoms with Crippen molar-refractivity contribution in [1.82, 2.24) is 14.9 Å². The van der Waals surface area contributed by atoms with Crippen LogP contribution in [0.2, 0.25) is 0 Å². The van der Waals surface area contributed by atoms with Crippen LogP contribution in [0.3, 0.4) is 0 Å². The maximum Gasteiger partial charge on any atom is 0.224 e. The predicted octanol–water partition coefficient (Wildman–Crippen LogP) is 4.62. The van der Waals surface area contributed by atoms with Crippen molar-refractivity contribution in [3.05, 3.63) is 47.5 Å². The topological polar surface area (TPSA) is 109 Å². The average Bonchev–Trinajstić information content (AvgIpc) is 2.89. The van der Waals surface area contributed by atoms with Gasteiger partial charge in [-0.2, -0.15) is 4.98 Å². The van der Waals surface area contributed by atoms with E-state index in [9.17, 15) is 0 Å². The minimum absolute atomic E-state index is 0.148. The van der Waals surface area contributed by atoms with Crippen molar-refractivity contribution in [2.24, 2.45) is 0 Å². The number of amidine groups is 1. The number of aromatic nitrogens is 2. The van der Waals surface area contributed by atoms with Crippen LogP contribution in [0.1, 0.15) is 43.7 Å². The molecule has 8 heteroatoms. The summed E-state index contributed by atoms with van der Waals surface area (Å²) in [4.78, 5) is 11.4. The second-order valence-electron chi connectivity index (χ2n) is 9.17. The van der Waals surface area contributed by atoms with Crippen LogP contribution >= 0.6 is 0 Å². The molecule has 0 bridgehead atoms. The van der Waals surface area contributed by atoms with Gasteiger partial charge in [0, 0.05) is 49.0 Å². The van der Waals surface area contributed by atoms with Crippen molar-refractivity contribution in [3.8, 4) is 11.5 Å². The van der Waals surface area contributed by atoms with Gasteiger partial charge in [0.1, 0.15) is 5.82 Å². The van der Waals surface area contributed by atoms with Gasteiger partial charge in [0.15, 0.2) is 11.5 Å². The Balaban J connectivity index is 1.85. The molecule has 1 aliphatic rings. The van der Waals surface area contributed by atoms with Gasteiger partial charge in [0.05, 0.1) is 25.6 Å². The van der Waals surface area contributed by atoms with Crippen molar-refractivity contribution in [2.75, 3.05) is 45.4 Å². The van der Waals surface area contributed by atoms with E-state index in [1.807, 2.05) is 6.07 Å². The summed E-state index contributed by atoms with van der Waals surface area (Å²) in [5, 5.41) is 12.3. The molecule has 35 heavy (non-hydrogen) atoms. The van der Waals surface area contributed by atoms with Gasteiger partial charge in [-0.25, -0.2) is 4.98 Å². The fourth-order valence-electron chi connectivity index (χ4n) is 5.31. The molecule has 0 aliphatic carbocycles. The fraction of sp³-hybridized carbons (Fsp3) is 0.444. The number of piperidine rings is 1. The van der Waals surface area contributed by atoms with Crippen LogP contribution in [0.25, 0.3) is 10.9 Å². The summed E-state index contributed by atoms with van der Waals surface area (Å²) in [6, 6.07) is 12.5. The Morgan fingerprint density at radius 2 is 1.86 bits per heavy atom. The number of nitrogen functional groups attached to an aromatic ring is 1. The molecule has 4 N–H and O–H groups in total. The van der Waals surface area contributed by atoms with Crippen LogP contribution in [0.4, 0.5) is 11.8 Å². The van der Waals surface area contributed by atoms with Crippen molar-refractivity contribution in [1.29, 1.82) is 5.41 Å². The van der Waals surface area contributed by atoms with E-state index in [0.29, 0.717) is 29.7 Å². The number of fused-ring (bicyclic) bond motifs is 1. The number of ether oxygens (including phenoxy) is 2. The van der Waals surface area contributed by atoms with Crippen LogP contribution in [0.5, 0.6) is 11.5 Å². The molecule has 0 atom stereocenters. The monoisotopic (exact) mass is 476 g/mol. The van der Waals surface area contributed by atoms with Crippen LogP contribution in [0.15, 0.2) is 36.4 Å². The second kappa shape index (κ2) is 10.4. The van der Waals surface area contributed by atoms with E-state index in [1.165, 1.54) is 5.56 Å². The van der Waals surface area contributed by atoms with Gasteiger partial charge in [0.2, 0.25) is 5.95 Å². The minimum atomic E-state index is -0.148. The molecule has 0 radical (unpaired) electrons. The number of hydrogen-bond donors (Lipinski definition) is 3. The van der Waals surface area contributed by atoms with Gasteiger partial charge in [-0.1, -0.05) is 37.3 Å². The van der Waals surface area contributed by atoms with E-state index in [2.05, 4.69) is 57.4 Å². The molecule has 1 aliphatic heterocycles. The number of hydrogen-bond acceptors (Lipinski definition) is 7. The molecule has 2 heterocycles. The molecule has 1 aromatic heterocycles. The summed E-state index contributed by atoms with van der Waals surface area (Å²) in [6.07, 6.45) is 4.34. The molecular weight excluding hydrogens is 440 g/mol. The largest absolute Gasteiger partial charge is 0.493 e. The number of benzene rings is 2. The molecule has 8 nitrogen and oxygen atoms in total. The lowest BCUT2D eigenvalue weighted by Crippen LogP contribution is -2.46. The van der Waals surface area contributed by atoms with Crippen LogP contribution < -0.4 is 20.5 Å². The fourth-order valence-corrected chi connectivity index (χ4v) is 5.31. The maximum atomic E-state index is 8.48. The first-order chi connectivity index (χ1) is 17.0. The summed E-state index contributed by atoms with van der Waals surface area (Å²) in [7, 11) is 5.08. The summed E-state index contributed by atoms with van der Waals surface area (Å²) < 4.78 is 11.6. The Kier molecular flexibility index (Phi) is 7.28. The van der Waals surface area contributed by atoms with Gasteiger partial charge >= 0.3 is 0 Å². The average molecular weight is 477 g/mol. The van der Waals surface area contributed by atoms with E-state index < -0.39 is 0 Å². The summed E-state index contributed by atoms with van der Waals surface area (Å²) >= 11 is 0. The lowest BCUT2D eigenvalue weighted by Gasteiger charge is -2.44. The summed E-state index contributed by atoms with van der Waals surface area (Å²) in [6.45, 7) is 3.81. The lowest BCUT2D eigenvalue weighted by molar-refractivity contribution is 0.218. The summed E-state index contributed by atoms with van der Waals surface area (Å²) in [5.74, 6) is 2.91. The van der Waals surface area contributed by atoms with Crippen LogP contribution in [-0.4, -0.2) is 55.1 Å². The first-order valence-electron chi connectivity index (χ1n) is 12.2. The normalized spacial score (nSPS) is 15.1. The van der Waals surface area contributed by atoms with Crippen molar-refractivity contribution in [3.63, 3.8) is 0 Å². The van der Waals surface area contributed by atoms with Gasteiger partial charge in [0.25, 0.3) is 0 Å².